The topological polar surface area (TPSA) is 57.0 Å². The molecule has 1 aliphatic rings. The van der Waals surface area contributed by atoms with Crippen molar-refractivity contribution in [3.05, 3.63) is 54.6 Å². The van der Waals surface area contributed by atoms with Crippen LogP contribution in [0.1, 0.15) is 12.8 Å². The maximum absolute atomic E-state index is 6.02. The third-order valence-corrected chi connectivity index (χ3v) is 4.56. The summed E-state index contributed by atoms with van der Waals surface area (Å²) in [5.41, 5.74) is 1.86. The van der Waals surface area contributed by atoms with Crippen LogP contribution in [0.4, 0.5) is 5.69 Å². The number of fused-ring (bicyclic) bond motifs is 1. The Balaban J connectivity index is 1.61. The third kappa shape index (κ3) is 3.43. The standard InChI is InChI=1S/C21H22N2O4/c1-14-12-23(17-10-15(24-2)8-9-19(17)26-14)13-21-22-11-20(27-21)16-6-4-5-7-18(16)25-3/h4-11,14H,12-13H2,1-3H3/t14-/m0/s1. The normalized spacial score (nSPS) is 15.8. The molecule has 140 valence electrons. The second-order valence-corrected chi connectivity index (χ2v) is 6.46. The van der Waals surface area contributed by atoms with Crippen molar-refractivity contribution in [3.8, 4) is 28.6 Å². The summed E-state index contributed by atoms with van der Waals surface area (Å²) >= 11 is 0. The summed E-state index contributed by atoms with van der Waals surface area (Å²) < 4.78 is 22.7. The van der Waals surface area contributed by atoms with Crippen LogP contribution in [0.3, 0.4) is 0 Å². The smallest absolute Gasteiger partial charge is 0.214 e. The van der Waals surface area contributed by atoms with Crippen molar-refractivity contribution in [3.63, 3.8) is 0 Å². The van der Waals surface area contributed by atoms with E-state index >= 15 is 0 Å². The highest BCUT2D eigenvalue weighted by Gasteiger charge is 2.25. The third-order valence-electron chi connectivity index (χ3n) is 4.56. The van der Waals surface area contributed by atoms with Crippen LogP contribution in [0.15, 0.2) is 53.1 Å². The maximum Gasteiger partial charge on any atom is 0.214 e. The fourth-order valence-corrected chi connectivity index (χ4v) is 3.30. The summed E-state index contributed by atoms with van der Waals surface area (Å²) in [5, 5.41) is 0. The summed E-state index contributed by atoms with van der Waals surface area (Å²) in [4.78, 5) is 6.66. The lowest BCUT2D eigenvalue weighted by molar-refractivity contribution is 0.210. The highest BCUT2D eigenvalue weighted by Crippen LogP contribution is 2.37. The van der Waals surface area contributed by atoms with Crippen LogP contribution in [-0.4, -0.2) is 31.9 Å². The predicted octanol–water partition coefficient (Wildman–Crippen LogP) is 4.15. The molecule has 4 rings (SSSR count). The largest absolute Gasteiger partial charge is 0.497 e. The highest BCUT2D eigenvalue weighted by molar-refractivity contribution is 5.65. The van der Waals surface area contributed by atoms with Crippen LogP contribution in [0, 0.1) is 0 Å². The molecule has 0 fully saturated rings. The molecular weight excluding hydrogens is 344 g/mol. The number of ether oxygens (including phenoxy) is 3. The van der Waals surface area contributed by atoms with Crippen molar-refractivity contribution in [1.29, 1.82) is 0 Å². The molecule has 0 amide bonds. The molecule has 0 saturated carbocycles. The van der Waals surface area contributed by atoms with Crippen molar-refractivity contribution in [2.45, 2.75) is 19.6 Å². The van der Waals surface area contributed by atoms with E-state index in [0.29, 0.717) is 18.2 Å². The molecule has 0 bridgehead atoms. The van der Waals surface area contributed by atoms with Crippen LogP contribution < -0.4 is 19.1 Å². The number of para-hydroxylation sites is 1. The van der Waals surface area contributed by atoms with Gasteiger partial charge in [0.15, 0.2) is 5.76 Å². The molecule has 0 saturated heterocycles. The molecule has 2 heterocycles. The zero-order valence-corrected chi connectivity index (χ0v) is 15.6. The predicted molar refractivity (Wildman–Crippen MR) is 103 cm³/mol. The molecule has 1 aliphatic heterocycles. The van der Waals surface area contributed by atoms with Crippen LogP contribution in [0.2, 0.25) is 0 Å². The molecule has 0 radical (unpaired) electrons. The Labute approximate surface area is 158 Å². The van der Waals surface area contributed by atoms with Crippen LogP contribution in [-0.2, 0) is 6.54 Å². The Morgan fingerprint density at radius 3 is 2.81 bits per heavy atom. The Hall–Kier alpha value is -3.15. The lowest BCUT2D eigenvalue weighted by atomic mass is 10.1. The molecule has 0 spiro atoms. The number of nitrogens with zero attached hydrogens (tertiary/aromatic N) is 2. The Morgan fingerprint density at radius 2 is 2.00 bits per heavy atom. The van der Waals surface area contributed by atoms with E-state index in [1.807, 2.05) is 42.5 Å². The minimum atomic E-state index is 0.0783. The maximum atomic E-state index is 6.02. The van der Waals surface area contributed by atoms with Crippen molar-refractivity contribution < 1.29 is 18.6 Å². The lowest BCUT2D eigenvalue weighted by Gasteiger charge is -2.34. The summed E-state index contributed by atoms with van der Waals surface area (Å²) in [7, 11) is 3.31. The van der Waals surface area contributed by atoms with E-state index in [2.05, 4.69) is 16.8 Å². The van der Waals surface area contributed by atoms with Crippen LogP contribution >= 0.6 is 0 Å². The van der Waals surface area contributed by atoms with Gasteiger partial charge in [-0.15, -0.1) is 0 Å². The van der Waals surface area contributed by atoms with Gasteiger partial charge >= 0.3 is 0 Å². The first kappa shape index (κ1) is 17.3. The van der Waals surface area contributed by atoms with Gasteiger partial charge in [-0.25, -0.2) is 4.98 Å². The number of methoxy groups -OCH3 is 2. The van der Waals surface area contributed by atoms with Crippen LogP contribution in [0.25, 0.3) is 11.3 Å². The molecule has 0 aliphatic carbocycles. The van der Waals surface area contributed by atoms with Gasteiger partial charge in [-0.3, -0.25) is 0 Å². The number of benzene rings is 2. The molecule has 6 nitrogen and oxygen atoms in total. The number of oxazole rings is 1. The van der Waals surface area contributed by atoms with Gasteiger partial charge in [0.25, 0.3) is 0 Å². The van der Waals surface area contributed by atoms with Gasteiger partial charge in [0, 0.05) is 6.07 Å². The quantitative estimate of drug-likeness (QED) is 0.676. The van der Waals surface area contributed by atoms with Gasteiger partial charge in [0.1, 0.15) is 23.4 Å². The molecule has 0 N–H and O–H groups in total. The van der Waals surface area contributed by atoms with E-state index in [1.165, 1.54) is 0 Å². The molecule has 27 heavy (non-hydrogen) atoms. The zero-order chi connectivity index (χ0) is 18.8. The van der Waals surface area contributed by atoms with Crippen molar-refractivity contribution >= 4 is 5.69 Å². The second-order valence-electron chi connectivity index (χ2n) is 6.46. The number of hydrogen-bond donors (Lipinski definition) is 0. The van der Waals surface area contributed by atoms with E-state index < -0.39 is 0 Å². The number of rotatable bonds is 5. The van der Waals surface area contributed by atoms with Crippen molar-refractivity contribution in [1.82, 2.24) is 4.98 Å². The van der Waals surface area contributed by atoms with Gasteiger partial charge in [0.2, 0.25) is 5.89 Å². The van der Waals surface area contributed by atoms with Gasteiger partial charge in [-0.1, -0.05) is 12.1 Å². The first-order valence-corrected chi connectivity index (χ1v) is 8.85. The van der Waals surface area contributed by atoms with E-state index in [-0.39, 0.29) is 6.10 Å². The fraction of sp³-hybridized carbons (Fsp3) is 0.286. The van der Waals surface area contributed by atoms with E-state index in [0.717, 1.165) is 35.0 Å². The van der Waals surface area contributed by atoms with Crippen LogP contribution in [0.5, 0.6) is 17.2 Å². The molecule has 2 aromatic carbocycles. The van der Waals surface area contributed by atoms with E-state index in [4.69, 9.17) is 18.6 Å². The van der Waals surface area contributed by atoms with Gasteiger partial charge in [-0.2, -0.15) is 0 Å². The zero-order valence-electron chi connectivity index (χ0n) is 15.6. The molecular formula is C21H22N2O4. The molecule has 6 heteroatoms. The van der Waals surface area contributed by atoms with Gasteiger partial charge in [-0.05, 0) is 31.2 Å². The molecule has 3 aromatic rings. The van der Waals surface area contributed by atoms with Gasteiger partial charge in [0.05, 0.1) is 44.8 Å². The van der Waals surface area contributed by atoms with E-state index in [1.54, 1.807) is 20.4 Å². The monoisotopic (exact) mass is 366 g/mol. The van der Waals surface area contributed by atoms with E-state index in [9.17, 15) is 0 Å². The summed E-state index contributed by atoms with van der Waals surface area (Å²) in [6, 6.07) is 13.6. The SMILES string of the molecule is COc1ccc2c(c1)N(Cc1ncc(-c3ccccc3OC)o1)C[C@H](C)O2. The first-order valence-electron chi connectivity index (χ1n) is 8.85. The minimum absolute atomic E-state index is 0.0783. The molecule has 1 aromatic heterocycles. The van der Waals surface area contributed by atoms with Gasteiger partial charge < -0.3 is 23.5 Å². The average Bonchev–Trinajstić information content (AvgIpc) is 3.16. The second kappa shape index (κ2) is 7.23. The number of hydrogen-bond acceptors (Lipinski definition) is 6. The van der Waals surface area contributed by atoms with Crippen molar-refractivity contribution in [2.75, 3.05) is 25.7 Å². The average molecular weight is 366 g/mol. The highest BCUT2D eigenvalue weighted by atomic mass is 16.5. The Bertz CT molecular complexity index is 937. The Morgan fingerprint density at radius 1 is 1.15 bits per heavy atom. The summed E-state index contributed by atoms with van der Waals surface area (Å²) in [5.74, 6) is 3.72. The lowest BCUT2D eigenvalue weighted by Crippen LogP contribution is -2.38. The molecule has 0 unspecified atom stereocenters. The number of aromatic nitrogens is 1. The number of anilines is 1. The minimum Gasteiger partial charge on any atom is -0.497 e. The fourth-order valence-electron chi connectivity index (χ4n) is 3.30. The van der Waals surface area contributed by atoms with Crippen molar-refractivity contribution in [2.24, 2.45) is 0 Å². The Kier molecular flexibility index (Phi) is 4.62. The summed E-state index contributed by atoms with van der Waals surface area (Å²) in [6.07, 6.45) is 1.82. The summed E-state index contributed by atoms with van der Waals surface area (Å²) in [6.45, 7) is 3.34. The first-order chi connectivity index (χ1) is 13.2. The molecule has 1 atom stereocenters.